The fraction of sp³-hybridized carbons (Fsp3) is 0.214. The fourth-order valence-corrected chi connectivity index (χ4v) is 2.82. The van der Waals surface area contributed by atoms with E-state index in [0.29, 0.717) is 24.3 Å². The van der Waals surface area contributed by atoms with Crippen molar-refractivity contribution in [1.29, 1.82) is 10.8 Å². The molecule has 1 aliphatic rings. The second-order valence-corrected chi connectivity index (χ2v) is 5.88. The molecule has 0 radical (unpaired) electrons. The van der Waals surface area contributed by atoms with Crippen LogP contribution < -0.4 is 0 Å². The maximum Gasteiger partial charge on any atom is 0.312 e. The van der Waals surface area contributed by atoms with Crippen molar-refractivity contribution in [2.24, 2.45) is 0 Å². The van der Waals surface area contributed by atoms with Gasteiger partial charge in [0.05, 0.1) is 29.9 Å². The molecule has 7 nitrogen and oxygen atoms in total. The molecule has 1 aliphatic heterocycles. The number of amides is 1. The average molecular weight is 351 g/mol. The molecule has 2 N–H and O–H groups in total. The predicted octanol–water partition coefficient (Wildman–Crippen LogP) is 2.28. The van der Waals surface area contributed by atoms with E-state index in [1.807, 2.05) is 5.38 Å². The third-order valence-corrected chi connectivity index (χ3v) is 4.07. The number of rotatable bonds is 4. The molecule has 3 heterocycles. The summed E-state index contributed by atoms with van der Waals surface area (Å²) in [5, 5.41) is 17.2. The number of carbonyl (C=O) groups excluding carboxylic acids is 1. The van der Waals surface area contributed by atoms with Crippen molar-refractivity contribution < 1.29 is 18.3 Å². The van der Waals surface area contributed by atoms with Crippen molar-refractivity contribution in [1.82, 2.24) is 14.9 Å². The molecular formula is C14H11F2N5O2S. The minimum Gasteiger partial charge on any atom is -0.419 e. The van der Waals surface area contributed by atoms with Gasteiger partial charge in [-0.3, -0.25) is 20.6 Å². The van der Waals surface area contributed by atoms with Gasteiger partial charge in [0.1, 0.15) is 5.01 Å². The molecule has 0 spiro atoms. The van der Waals surface area contributed by atoms with E-state index in [2.05, 4.69) is 14.7 Å². The first kappa shape index (κ1) is 16.1. The van der Waals surface area contributed by atoms with Gasteiger partial charge < -0.3 is 9.64 Å². The van der Waals surface area contributed by atoms with Crippen LogP contribution in [-0.4, -0.2) is 39.0 Å². The highest BCUT2D eigenvalue weighted by Crippen LogP contribution is 2.24. The highest BCUT2D eigenvalue weighted by Gasteiger charge is 2.30. The summed E-state index contributed by atoms with van der Waals surface area (Å²) in [6, 6.07) is 1.37. The van der Waals surface area contributed by atoms with Crippen molar-refractivity contribution >= 4 is 29.0 Å². The summed E-state index contributed by atoms with van der Waals surface area (Å²) in [6.07, 6.45) is -0.191. The van der Waals surface area contributed by atoms with E-state index in [1.54, 1.807) is 11.1 Å². The van der Waals surface area contributed by atoms with Gasteiger partial charge in [0.25, 0.3) is 11.8 Å². The van der Waals surface area contributed by atoms with E-state index < -0.39 is 18.2 Å². The molecule has 0 unspecified atom stereocenters. The molecule has 3 rings (SSSR count). The average Bonchev–Trinajstić information content (AvgIpc) is 3.16. The monoisotopic (exact) mass is 351 g/mol. The molecule has 1 amide bonds. The second-order valence-electron chi connectivity index (χ2n) is 4.90. The number of fused-ring (bicyclic) bond motifs is 1. The molecule has 0 atom stereocenters. The van der Waals surface area contributed by atoms with Crippen LogP contribution in [-0.2, 0) is 17.8 Å². The lowest BCUT2D eigenvalue weighted by Crippen LogP contribution is -2.23. The highest BCUT2D eigenvalue weighted by molar-refractivity contribution is 7.09. The van der Waals surface area contributed by atoms with Crippen molar-refractivity contribution in [3.05, 3.63) is 45.7 Å². The van der Waals surface area contributed by atoms with Gasteiger partial charge in [-0.05, 0) is 6.07 Å². The molecule has 0 fully saturated rings. The molecule has 10 heteroatoms. The minimum absolute atomic E-state index is 0.0589. The highest BCUT2D eigenvalue weighted by atomic mass is 32.1. The van der Waals surface area contributed by atoms with Crippen molar-refractivity contribution in [2.75, 3.05) is 0 Å². The van der Waals surface area contributed by atoms with Gasteiger partial charge in [-0.1, -0.05) is 0 Å². The van der Waals surface area contributed by atoms with E-state index in [-0.39, 0.29) is 11.5 Å². The number of hydrogen-bond acceptors (Lipinski definition) is 7. The minimum atomic E-state index is -3.11. The van der Waals surface area contributed by atoms with Gasteiger partial charge in [-0.15, -0.1) is 11.3 Å². The van der Waals surface area contributed by atoms with Gasteiger partial charge in [0.15, 0.2) is 0 Å². The zero-order valence-corrected chi connectivity index (χ0v) is 12.9. The zero-order valence-electron chi connectivity index (χ0n) is 12.1. The number of aromatic nitrogens is 2. The van der Waals surface area contributed by atoms with E-state index in [1.165, 1.54) is 23.6 Å². The summed E-state index contributed by atoms with van der Waals surface area (Å²) in [7, 11) is 0. The topological polar surface area (TPSA) is 103 Å². The van der Waals surface area contributed by atoms with Gasteiger partial charge in [-0.2, -0.15) is 8.78 Å². The summed E-state index contributed by atoms with van der Waals surface area (Å²) in [5.41, 5.74) is 0.890. The third-order valence-electron chi connectivity index (χ3n) is 3.31. The Morgan fingerprint density at radius 1 is 1.42 bits per heavy atom. The van der Waals surface area contributed by atoms with Gasteiger partial charge in [0.2, 0.25) is 5.90 Å². The number of halogens is 2. The summed E-state index contributed by atoms with van der Waals surface area (Å²) in [5.74, 6) is -2.25. The molecule has 24 heavy (non-hydrogen) atoms. The molecule has 124 valence electrons. The van der Waals surface area contributed by atoms with E-state index >= 15 is 0 Å². The number of ether oxygens (including phenoxy) is 1. The summed E-state index contributed by atoms with van der Waals surface area (Å²) >= 11 is 1.43. The number of alkyl halides is 2. The van der Waals surface area contributed by atoms with Crippen LogP contribution in [0.5, 0.6) is 0 Å². The van der Waals surface area contributed by atoms with Gasteiger partial charge >= 0.3 is 6.43 Å². The maximum atomic E-state index is 12.4. The molecular weight excluding hydrogens is 340 g/mol. The Morgan fingerprint density at radius 2 is 2.21 bits per heavy atom. The molecule has 0 saturated carbocycles. The maximum absolute atomic E-state index is 12.4. The van der Waals surface area contributed by atoms with E-state index in [0.717, 1.165) is 5.01 Å². The number of nitrogens with zero attached hydrogens (tertiary/aromatic N) is 3. The normalized spacial score (nSPS) is 13.3. The van der Waals surface area contributed by atoms with Gasteiger partial charge in [-0.25, -0.2) is 4.98 Å². The van der Waals surface area contributed by atoms with E-state index in [9.17, 15) is 13.6 Å². The first-order valence-corrected chi connectivity index (χ1v) is 7.63. The first-order chi connectivity index (χ1) is 11.5. The molecule has 0 saturated heterocycles. The Hall–Kier alpha value is -2.75. The van der Waals surface area contributed by atoms with Crippen LogP contribution in [0.25, 0.3) is 0 Å². The number of thiazole rings is 1. The Kier molecular flexibility index (Phi) is 4.30. The van der Waals surface area contributed by atoms with Crippen LogP contribution in [0, 0.1) is 10.8 Å². The van der Waals surface area contributed by atoms with Crippen LogP contribution in [0.4, 0.5) is 8.78 Å². The number of hydrogen-bond donors (Lipinski definition) is 2. The third kappa shape index (κ3) is 3.13. The lowest BCUT2D eigenvalue weighted by molar-refractivity contribution is 0.0766. The summed E-state index contributed by atoms with van der Waals surface area (Å²) in [6.45, 7) is 0.668. The molecule has 2 aromatic rings. The fourth-order valence-electron chi connectivity index (χ4n) is 2.19. The lowest BCUT2D eigenvalue weighted by atomic mass is 10.1. The van der Waals surface area contributed by atoms with Gasteiger partial charge in [0, 0.05) is 17.8 Å². The first-order valence-electron chi connectivity index (χ1n) is 6.75. The second kappa shape index (κ2) is 6.40. The van der Waals surface area contributed by atoms with Crippen LogP contribution in [0.2, 0.25) is 0 Å². The summed E-state index contributed by atoms with van der Waals surface area (Å²) < 4.78 is 29.0. The largest absolute Gasteiger partial charge is 0.419 e. The quantitative estimate of drug-likeness (QED) is 0.651. The number of carbonyl (C=O) groups is 1. The van der Waals surface area contributed by atoms with E-state index in [4.69, 9.17) is 10.8 Å². The molecule has 0 bridgehead atoms. The molecule has 2 aromatic heterocycles. The number of nitrogens with one attached hydrogen (secondary N) is 2. The van der Waals surface area contributed by atoms with Crippen LogP contribution in [0.15, 0.2) is 23.8 Å². The number of pyridine rings is 1. The Balaban J connectivity index is 1.76. The van der Waals surface area contributed by atoms with Crippen molar-refractivity contribution in [2.45, 2.75) is 19.5 Å². The standard InChI is InChI=1S/C14H11F2N5O2S/c15-11(16)13(18)23-12(17)7-3-8-9(20-4-7)5-21(14(8)22)6-10-19-1-2-24-10/h1-4,11,17-18H,5-6H2. The SMILES string of the molecule is N=C(OC(=N)C(F)F)c1cnc2c(c1)C(=O)N(Cc1nccs1)C2. The van der Waals surface area contributed by atoms with Crippen molar-refractivity contribution in [3.63, 3.8) is 0 Å². The molecule has 0 aromatic carbocycles. The summed E-state index contributed by atoms with van der Waals surface area (Å²) in [4.78, 5) is 22.2. The van der Waals surface area contributed by atoms with Crippen LogP contribution in [0.3, 0.4) is 0 Å². The Labute approximate surface area is 138 Å². The predicted molar refractivity (Wildman–Crippen MR) is 81.6 cm³/mol. The van der Waals surface area contributed by atoms with Crippen LogP contribution in [0.1, 0.15) is 26.6 Å². The zero-order chi connectivity index (χ0) is 17.3. The Bertz CT molecular complexity index is 810. The van der Waals surface area contributed by atoms with Crippen molar-refractivity contribution in [3.8, 4) is 0 Å². The molecule has 0 aliphatic carbocycles. The Morgan fingerprint density at radius 3 is 2.88 bits per heavy atom. The van der Waals surface area contributed by atoms with Crippen LogP contribution >= 0.6 is 11.3 Å². The smallest absolute Gasteiger partial charge is 0.312 e. The lowest BCUT2D eigenvalue weighted by Gasteiger charge is -2.12.